The highest BCUT2D eigenvalue weighted by Gasteiger charge is 2.10. The number of H-pyrrole nitrogens is 1. The van der Waals surface area contributed by atoms with Crippen molar-refractivity contribution < 1.29 is 4.79 Å². The first-order valence-corrected chi connectivity index (χ1v) is 10.4. The van der Waals surface area contributed by atoms with Gasteiger partial charge in [-0.3, -0.25) is 9.79 Å². The average molecular weight is 547 g/mol. The smallest absolute Gasteiger partial charge is 0.227 e. The molecule has 0 atom stereocenters. The maximum Gasteiger partial charge on any atom is 0.227 e. The number of nitrogens with zero attached hydrogens (tertiary/aromatic N) is 4. The average Bonchev–Trinajstić information content (AvgIpc) is 3.22. The molecule has 0 spiro atoms. The van der Waals surface area contributed by atoms with Gasteiger partial charge in [0.1, 0.15) is 11.6 Å². The van der Waals surface area contributed by atoms with Crippen molar-refractivity contribution in [2.45, 2.75) is 26.8 Å². The lowest BCUT2D eigenvalue weighted by molar-refractivity contribution is -0.116. The highest BCUT2D eigenvalue weighted by atomic mass is 127. The number of carbonyl (C=O) groups is 1. The quantitative estimate of drug-likeness (QED) is 0.226. The first-order valence-electron chi connectivity index (χ1n) is 10.4. The van der Waals surface area contributed by atoms with Crippen molar-refractivity contribution in [1.82, 2.24) is 25.2 Å². The lowest BCUT2D eigenvalue weighted by Gasteiger charge is -2.21. The van der Waals surface area contributed by atoms with Gasteiger partial charge in [0.25, 0.3) is 0 Å². The van der Waals surface area contributed by atoms with Crippen LogP contribution in [0.3, 0.4) is 0 Å². The summed E-state index contributed by atoms with van der Waals surface area (Å²) in [6.07, 6.45) is 2.11. The molecule has 2 heterocycles. The Morgan fingerprint density at radius 2 is 1.94 bits per heavy atom. The largest absolute Gasteiger partial charge is 0.357 e. The molecule has 0 bridgehead atoms. The number of aliphatic imine (C=N–C) groups is 1. The Morgan fingerprint density at radius 3 is 2.66 bits per heavy atom. The van der Waals surface area contributed by atoms with Gasteiger partial charge in [-0.15, -0.1) is 24.0 Å². The fourth-order valence-electron chi connectivity index (χ4n) is 3.06. The normalized spacial score (nSPS) is 10.9. The molecule has 0 fully saturated rings. The molecule has 3 aromatic rings. The van der Waals surface area contributed by atoms with Crippen molar-refractivity contribution in [2.24, 2.45) is 4.99 Å². The maximum absolute atomic E-state index is 12.2. The van der Waals surface area contributed by atoms with Gasteiger partial charge in [-0.25, -0.2) is 9.97 Å². The predicted molar refractivity (Wildman–Crippen MR) is 139 cm³/mol. The molecule has 9 heteroatoms. The number of halogens is 1. The number of anilines is 1. The van der Waals surface area contributed by atoms with E-state index >= 15 is 0 Å². The van der Waals surface area contributed by atoms with Crippen molar-refractivity contribution in [3.63, 3.8) is 0 Å². The van der Waals surface area contributed by atoms with Gasteiger partial charge in [-0.05, 0) is 31.5 Å². The van der Waals surface area contributed by atoms with E-state index < -0.39 is 0 Å². The molecule has 0 aliphatic rings. The summed E-state index contributed by atoms with van der Waals surface area (Å²) in [6, 6.07) is 15.6. The molecule has 0 saturated carbocycles. The molecule has 0 radical (unpaired) electrons. The second kappa shape index (κ2) is 12.8. The minimum Gasteiger partial charge on any atom is -0.357 e. The van der Waals surface area contributed by atoms with Gasteiger partial charge in [0.15, 0.2) is 5.96 Å². The van der Waals surface area contributed by atoms with Crippen LogP contribution in [0.5, 0.6) is 0 Å². The van der Waals surface area contributed by atoms with Crippen LogP contribution < -0.4 is 10.6 Å². The van der Waals surface area contributed by atoms with Gasteiger partial charge in [-0.2, -0.15) is 0 Å². The Balaban J connectivity index is 0.00000363. The molecule has 32 heavy (non-hydrogen) atoms. The Labute approximate surface area is 206 Å². The van der Waals surface area contributed by atoms with Crippen LogP contribution in [-0.2, 0) is 11.3 Å². The standard InChI is InChI=1S/C23H29N7O.HI/c1-4-24-23(25-14-13-22(31)29-20-12-8-9-17(2)27-20)30(3)16-21-26-15-19(28-21)18-10-6-5-7-11-18;/h5-12,15H,4,13-14,16H2,1-3H3,(H,24,25)(H,26,28)(H,27,29,31);1H. The van der Waals surface area contributed by atoms with Gasteiger partial charge < -0.3 is 20.5 Å². The number of aromatic nitrogens is 3. The number of amides is 1. The molecular weight excluding hydrogens is 517 g/mol. The second-order valence-electron chi connectivity index (χ2n) is 7.16. The highest BCUT2D eigenvalue weighted by Crippen LogP contribution is 2.16. The first kappa shape index (κ1) is 25.3. The fraction of sp³-hybridized carbons (Fsp3) is 0.304. The Bertz CT molecular complexity index is 1020. The summed E-state index contributed by atoms with van der Waals surface area (Å²) in [5.74, 6) is 2.01. The molecule has 3 rings (SSSR count). The molecule has 0 unspecified atom stereocenters. The molecule has 8 nitrogen and oxygen atoms in total. The number of hydrogen-bond donors (Lipinski definition) is 3. The third-order valence-corrected chi connectivity index (χ3v) is 4.55. The van der Waals surface area contributed by atoms with Gasteiger partial charge in [0.05, 0.1) is 25.0 Å². The minimum atomic E-state index is -0.112. The molecule has 0 aliphatic carbocycles. The zero-order chi connectivity index (χ0) is 22.1. The zero-order valence-electron chi connectivity index (χ0n) is 18.6. The number of aromatic amines is 1. The van der Waals surface area contributed by atoms with Crippen LogP contribution in [-0.4, -0.2) is 51.9 Å². The van der Waals surface area contributed by atoms with Gasteiger partial charge in [0.2, 0.25) is 5.91 Å². The monoisotopic (exact) mass is 547 g/mol. The summed E-state index contributed by atoms with van der Waals surface area (Å²) in [5, 5.41) is 6.07. The SMILES string of the molecule is CCNC(=NCCC(=O)Nc1cccc(C)n1)N(C)Cc1ncc(-c2ccccc2)[nH]1.I. The van der Waals surface area contributed by atoms with E-state index in [2.05, 4.69) is 30.6 Å². The van der Waals surface area contributed by atoms with E-state index in [4.69, 9.17) is 0 Å². The summed E-state index contributed by atoms with van der Waals surface area (Å²) in [5.41, 5.74) is 2.94. The third-order valence-electron chi connectivity index (χ3n) is 4.55. The maximum atomic E-state index is 12.2. The van der Waals surface area contributed by atoms with Crippen LogP contribution >= 0.6 is 24.0 Å². The number of pyridine rings is 1. The summed E-state index contributed by atoms with van der Waals surface area (Å²) in [7, 11) is 1.95. The number of imidazole rings is 1. The van der Waals surface area contributed by atoms with Crippen LogP contribution in [0.1, 0.15) is 24.9 Å². The third kappa shape index (κ3) is 7.63. The molecule has 0 saturated heterocycles. The van der Waals surface area contributed by atoms with Gasteiger partial charge in [-0.1, -0.05) is 36.4 Å². The summed E-state index contributed by atoms with van der Waals surface area (Å²) in [6.45, 7) is 5.58. The molecule has 0 aliphatic heterocycles. The van der Waals surface area contributed by atoms with E-state index in [1.165, 1.54) is 0 Å². The number of aryl methyl sites for hydroxylation is 1. The number of benzene rings is 1. The van der Waals surface area contributed by atoms with Crippen molar-refractivity contribution in [3.05, 3.63) is 66.2 Å². The van der Waals surface area contributed by atoms with Crippen molar-refractivity contribution in [2.75, 3.05) is 25.5 Å². The van der Waals surface area contributed by atoms with E-state index in [9.17, 15) is 4.79 Å². The van der Waals surface area contributed by atoms with Gasteiger partial charge >= 0.3 is 0 Å². The van der Waals surface area contributed by atoms with Crippen LogP contribution in [0.2, 0.25) is 0 Å². The topological polar surface area (TPSA) is 98.3 Å². The number of hydrogen-bond acceptors (Lipinski definition) is 4. The van der Waals surface area contributed by atoms with Gasteiger partial charge in [0, 0.05) is 25.7 Å². The second-order valence-corrected chi connectivity index (χ2v) is 7.16. The number of guanidine groups is 1. The number of carbonyl (C=O) groups excluding carboxylic acids is 1. The Hall–Kier alpha value is -2.95. The molecule has 2 aromatic heterocycles. The highest BCUT2D eigenvalue weighted by molar-refractivity contribution is 14.0. The lowest BCUT2D eigenvalue weighted by Crippen LogP contribution is -2.39. The molecule has 3 N–H and O–H groups in total. The number of rotatable bonds is 8. The van der Waals surface area contributed by atoms with Crippen LogP contribution in [0.4, 0.5) is 5.82 Å². The predicted octanol–water partition coefficient (Wildman–Crippen LogP) is 3.82. The van der Waals surface area contributed by atoms with E-state index in [1.54, 1.807) is 6.07 Å². The Kier molecular flexibility index (Phi) is 10.1. The van der Waals surface area contributed by atoms with E-state index in [-0.39, 0.29) is 36.3 Å². The minimum absolute atomic E-state index is 0. The van der Waals surface area contributed by atoms with Crippen molar-refractivity contribution >= 4 is 41.7 Å². The van der Waals surface area contributed by atoms with E-state index in [1.807, 2.05) is 74.5 Å². The van der Waals surface area contributed by atoms with Crippen LogP contribution in [0.25, 0.3) is 11.3 Å². The van der Waals surface area contributed by atoms with Crippen molar-refractivity contribution in [3.8, 4) is 11.3 Å². The summed E-state index contributed by atoms with van der Waals surface area (Å²) >= 11 is 0. The van der Waals surface area contributed by atoms with E-state index in [0.717, 1.165) is 35.3 Å². The lowest BCUT2D eigenvalue weighted by atomic mass is 10.2. The van der Waals surface area contributed by atoms with Crippen molar-refractivity contribution in [1.29, 1.82) is 0 Å². The van der Waals surface area contributed by atoms with Crippen LogP contribution in [0.15, 0.2) is 59.7 Å². The number of nitrogens with one attached hydrogen (secondary N) is 3. The summed E-state index contributed by atoms with van der Waals surface area (Å²) < 4.78 is 0. The molecular formula is C23H30IN7O. The zero-order valence-corrected chi connectivity index (χ0v) is 21.0. The molecule has 1 amide bonds. The Morgan fingerprint density at radius 1 is 1.16 bits per heavy atom. The van der Waals surface area contributed by atoms with E-state index in [0.29, 0.717) is 18.9 Å². The molecule has 1 aromatic carbocycles. The first-order chi connectivity index (χ1) is 15.0. The summed E-state index contributed by atoms with van der Waals surface area (Å²) in [4.78, 5) is 30.9. The van der Waals surface area contributed by atoms with Crippen LogP contribution in [0, 0.1) is 6.92 Å². The molecule has 170 valence electrons. The fourth-order valence-corrected chi connectivity index (χ4v) is 3.06.